The molecule has 0 unspecified atom stereocenters. The first-order valence-corrected chi connectivity index (χ1v) is 21.2. The molecule has 0 radical (unpaired) electrons. The SMILES string of the molecule is [2H]C([2H])([2H])c1cc(-n2c3[c-]c(Oc4[c-]c(N5[CH-]N(c6c(-c7ccccc7)ccc7c6-c6ccccc6C7(C)C)c6ccccc65)ccc4)ccc3c3ccccc32)ncc1-c1ccccc1.[Pt]. The molecule has 8 aromatic carbocycles. The van der Waals surface area contributed by atoms with Crippen LogP contribution >= 0.6 is 0 Å². The van der Waals surface area contributed by atoms with Gasteiger partial charge in [-0.3, -0.25) is 0 Å². The van der Waals surface area contributed by atoms with E-state index in [4.69, 9.17) is 13.8 Å². The molecule has 0 fully saturated rings. The molecule has 0 spiro atoms. The van der Waals surface area contributed by atoms with Crippen molar-refractivity contribution in [2.24, 2.45) is 0 Å². The molecule has 5 nitrogen and oxygen atoms in total. The average molecular weight is 1010 g/mol. The van der Waals surface area contributed by atoms with Crippen LogP contribution < -0.4 is 14.5 Å². The van der Waals surface area contributed by atoms with Crippen molar-refractivity contribution in [3.8, 4) is 50.7 Å². The van der Waals surface area contributed by atoms with E-state index in [1.807, 2.05) is 83.4 Å². The number of pyridine rings is 1. The van der Waals surface area contributed by atoms with Gasteiger partial charge in [-0.1, -0.05) is 147 Å². The summed E-state index contributed by atoms with van der Waals surface area (Å²) in [6, 6.07) is 68.8. The van der Waals surface area contributed by atoms with E-state index in [2.05, 4.69) is 140 Å². The summed E-state index contributed by atoms with van der Waals surface area (Å²) in [5, 5.41) is 1.93. The minimum atomic E-state index is -2.38. The van der Waals surface area contributed by atoms with E-state index >= 15 is 0 Å². The van der Waals surface area contributed by atoms with Gasteiger partial charge in [0.05, 0.1) is 0 Å². The second kappa shape index (κ2) is 15.6. The Kier molecular flexibility index (Phi) is 8.82. The van der Waals surface area contributed by atoms with Crippen molar-refractivity contribution in [2.45, 2.75) is 26.1 Å². The van der Waals surface area contributed by atoms with Gasteiger partial charge in [-0.25, -0.2) is 4.98 Å². The number of hydrogen-bond donors (Lipinski definition) is 0. The van der Waals surface area contributed by atoms with Crippen LogP contribution in [0.15, 0.2) is 188 Å². The molecule has 0 N–H and O–H groups in total. The maximum absolute atomic E-state index is 8.52. The number of para-hydroxylation sites is 3. The van der Waals surface area contributed by atoms with Gasteiger partial charge >= 0.3 is 0 Å². The second-order valence-electron chi connectivity index (χ2n) is 16.7. The minimum absolute atomic E-state index is 0. The number of aryl methyl sites for hydroxylation is 1. The number of aromatic nitrogens is 2. The zero-order valence-corrected chi connectivity index (χ0v) is 37.3. The van der Waals surface area contributed by atoms with Crippen molar-refractivity contribution in [3.63, 3.8) is 0 Å². The zero-order chi connectivity index (χ0) is 44.7. The minimum Gasteiger partial charge on any atom is -0.509 e. The Morgan fingerprint density at radius 2 is 1.28 bits per heavy atom. The van der Waals surface area contributed by atoms with Gasteiger partial charge in [0.2, 0.25) is 0 Å². The fourth-order valence-electron chi connectivity index (χ4n) is 9.70. The van der Waals surface area contributed by atoms with Crippen molar-refractivity contribution in [3.05, 3.63) is 224 Å². The fourth-order valence-corrected chi connectivity index (χ4v) is 9.70. The number of nitrogens with zero attached hydrogens (tertiary/aromatic N) is 4. The summed E-state index contributed by atoms with van der Waals surface area (Å²) in [5.41, 5.74) is 14.5. The van der Waals surface area contributed by atoms with Crippen LogP contribution in [0.2, 0.25) is 0 Å². The normalized spacial score (nSPS) is 14.3. The third kappa shape index (κ3) is 6.29. The Hall–Kier alpha value is -7.20. The van der Waals surface area contributed by atoms with Crippen LogP contribution in [0.25, 0.3) is 61.0 Å². The molecule has 0 saturated heterocycles. The molecule has 2 aliphatic rings. The summed E-state index contributed by atoms with van der Waals surface area (Å²) in [4.78, 5) is 9.40. The maximum Gasteiger partial charge on any atom is 0.135 e. The average Bonchev–Trinajstić information content (AvgIpc) is 3.97. The van der Waals surface area contributed by atoms with Crippen molar-refractivity contribution >= 4 is 44.6 Å². The van der Waals surface area contributed by atoms with Gasteiger partial charge in [0, 0.05) is 87.6 Å². The van der Waals surface area contributed by atoms with Crippen LogP contribution in [-0.4, -0.2) is 9.55 Å². The van der Waals surface area contributed by atoms with Crippen LogP contribution in [0.3, 0.4) is 0 Å². The standard InChI is InChI=1S/C58H41N4O.Pt/c1-38-33-55(59-36-48(38)40-19-8-5-9-20-40)62-51-26-13-11-23-45(51)46-30-29-43(35-54(46)62)63-42-22-16-21-41(34-42)60-37-61(53-28-15-14-27-52(53)60)57-44(39-17-6-4-7-18-39)31-32-50-56(57)47-24-10-12-25-49(47)58(50,2)3;/h4-33,36-37H,1-3H3;/q-3;/i1D3;. The molecule has 0 saturated carbocycles. The largest absolute Gasteiger partial charge is 0.509 e. The molecule has 0 bridgehead atoms. The van der Waals surface area contributed by atoms with E-state index in [0.29, 0.717) is 28.4 Å². The maximum atomic E-state index is 8.52. The zero-order valence-electron chi connectivity index (χ0n) is 38.0. The van der Waals surface area contributed by atoms with E-state index in [1.165, 1.54) is 22.3 Å². The first-order valence-electron chi connectivity index (χ1n) is 22.7. The summed E-state index contributed by atoms with van der Waals surface area (Å²) < 4.78 is 34.2. The summed E-state index contributed by atoms with van der Waals surface area (Å²) in [6.45, 7) is 4.45. The van der Waals surface area contributed by atoms with Crippen molar-refractivity contribution in [1.82, 2.24) is 9.55 Å². The van der Waals surface area contributed by atoms with Crippen LogP contribution in [0.5, 0.6) is 11.5 Å². The van der Waals surface area contributed by atoms with Gasteiger partial charge in [0.1, 0.15) is 5.82 Å². The first-order chi connectivity index (χ1) is 32.1. The molecular formula is C58H41N4OPt-3. The molecule has 10 aromatic rings. The van der Waals surface area contributed by atoms with Crippen molar-refractivity contribution in [2.75, 3.05) is 9.80 Å². The number of fused-ring (bicyclic) bond motifs is 7. The third-order valence-corrected chi connectivity index (χ3v) is 12.7. The Bertz CT molecular complexity index is 3530. The van der Waals surface area contributed by atoms with Gasteiger partial charge in [-0.2, -0.15) is 12.1 Å². The van der Waals surface area contributed by atoms with Gasteiger partial charge in [0.15, 0.2) is 0 Å². The van der Waals surface area contributed by atoms with Gasteiger partial charge in [-0.15, -0.1) is 48.1 Å². The monoisotopic (exact) mass is 1010 g/mol. The number of anilines is 4. The second-order valence-corrected chi connectivity index (χ2v) is 16.7. The summed E-state index contributed by atoms with van der Waals surface area (Å²) in [5.74, 6) is 1.48. The summed E-state index contributed by atoms with van der Waals surface area (Å²) in [7, 11) is 0. The summed E-state index contributed by atoms with van der Waals surface area (Å²) >= 11 is 0. The van der Waals surface area contributed by atoms with E-state index in [-0.39, 0.29) is 32.0 Å². The summed E-state index contributed by atoms with van der Waals surface area (Å²) in [6.07, 6.45) is 1.66. The molecule has 2 aromatic heterocycles. The van der Waals surface area contributed by atoms with Crippen molar-refractivity contribution in [1.29, 1.82) is 0 Å². The molecule has 1 aliphatic carbocycles. The van der Waals surface area contributed by atoms with Crippen LogP contribution in [0.4, 0.5) is 22.7 Å². The molecule has 1 aliphatic heterocycles. The van der Waals surface area contributed by atoms with Crippen molar-refractivity contribution < 1.29 is 29.9 Å². The van der Waals surface area contributed by atoms with Gasteiger partial charge < -0.3 is 19.1 Å². The van der Waals surface area contributed by atoms with E-state index < -0.39 is 6.85 Å². The van der Waals surface area contributed by atoms with E-state index in [1.54, 1.807) is 12.3 Å². The van der Waals surface area contributed by atoms with E-state index in [0.717, 1.165) is 55.7 Å². The number of hydrogen-bond acceptors (Lipinski definition) is 4. The molecular weight excluding hydrogens is 964 g/mol. The topological polar surface area (TPSA) is 33.5 Å². The van der Waals surface area contributed by atoms with Crippen LogP contribution in [0, 0.1) is 25.7 Å². The molecule has 0 atom stereocenters. The molecule has 3 heterocycles. The molecule has 0 amide bonds. The smallest absolute Gasteiger partial charge is 0.135 e. The fraction of sp³-hybridized carbons (Fsp3) is 0.0690. The molecule has 64 heavy (non-hydrogen) atoms. The quantitative estimate of drug-likeness (QED) is 0.149. The number of benzene rings is 8. The Balaban J connectivity index is 0.00000494. The predicted octanol–water partition coefficient (Wildman–Crippen LogP) is 14.9. The van der Waals surface area contributed by atoms with Gasteiger partial charge in [0.25, 0.3) is 0 Å². The first kappa shape index (κ1) is 36.3. The Labute approximate surface area is 392 Å². The Morgan fingerprint density at radius 3 is 2.08 bits per heavy atom. The molecule has 12 rings (SSSR count). The van der Waals surface area contributed by atoms with Crippen LogP contribution in [0.1, 0.15) is 34.7 Å². The number of rotatable bonds is 7. The van der Waals surface area contributed by atoms with E-state index in [9.17, 15) is 0 Å². The van der Waals surface area contributed by atoms with Crippen LogP contribution in [-0.2, 0) is 26.5 Å². The third-order valence-electron chi connectivity index (χ3n) is 12.7. The number of ether oxygens (including phenoxy) is 1. The Morgan fingerprint density at radius 1 is 0.594 bits per heavy atom. The van der Waals surface area contributed by atoms with Gasteiger partial charge in [-0.05, 0) is 69.9 Å². The molecule has 6 heteroatoms. The molecule has 312 valence electrons. The predicted molar refractivity (Wildman–Crippen MR) is 257 cm³/mol.